The van der Waals surface area contributed by atoms with Gasteiger partial charge in [0.15, 0.2) is 11.6 Å². The lowest BCUT2D eigenvalue weighted by Crippen LogP contribution is -2.48. The van der Waals surface area contributed by atoms with Crippen molar-refractivity contribution in [1.82, 2.24) is 14.4 Å². The van der Waals surface area contributed by atoms with E-state index < -0.39 is 21.7 Å². The fourth-order valence-electron chi connectivity index (χ4n) is 2.87. The van der Waals surface area contributed by atoms with Crippen LogP contribution in [0.1, 0.15) is 17.0 Å². The smallest absolute Gasteiger partial charge is 0.243 e. The summed E-state index contributed by atoms with van der Waals surface area (Å²) < 4.78 is 58.0. The van der Waals surface area contributed by atoms with Gasteiger partial charge in [0.1, 0.15) is 5.76 Å². The number of hydrogen-bond donors (Lipinski definition) is 0. The number of piperazine rings is 1. The Balaban J connectivity index is 1.68. The van der Waals surface area contributed by atoms with Gasteiger partial charge in [0.2, 0.25) is 10.0 Å². The minimum absolute atomic E-state index is 0.231. The lowest BCUT2D eigenvalue weighted by molar-refractivity contribution is 0.180. The Labute approximate surface area is 145 Å². The van der Waals surface area contributed by atoms with Gasteiger partial charge in [-0.2, -0.15) is 4.31 Å². The fraction of sp³-hybridized carbons (Fsp3) is 0.438. The highest BCUT2D eigenvalue weighted by molar-refractivity contribution is 7.89. The largest absolute Gasteiger partial charge is 0.361 e. The summed E-state index contributed by atoms with van der Waals surface area (Å²) in [5, 5.41) is 3.92. The summed E-state index contributed by atoms with van der Waals surface area (Å²) in [5.41, 5.74) is 1.84. The summed E-state index contributed by atoms with van der Waals surface area (Å²) in [7, 11) is -3.83. The maximum Gasteiger partial charge on any atom is 0.243 e. The molecule has 1 aromatic carbocycles. The van der Waals surface area contributed by atoms with Crippen LogP contribution in [0.5, 0.6) is 0 Å². The topological polar surface area (TPSA) is 66.7 Å². The molecular weight excluding hydrogens is 352 g/mol. The summed E-state index contributed by atoms with van der Waals surface area (Å²) in [6, 6.07) is 2.64. The molecule has 2 heterocycles. The molecule has 25 heavy (non-hydrogen) atoms. The van der Waals surface area contributed by atoms with Gasteiger partial charge in [-0.25, -0.2) is 17.2 Å². The molecule has 1 saturated heterocycles. The van der Waals surface area contributed by atoms with E-state index in [1.807, 2.05) is 13.8 Å². The first-order valence-corrected chi connectivity index (χ1v) is 9.32. The molecule has 1 aromatic heterocycles. The highest BCUT2D eigenvalue weighted by Gasteiger charge is 2.29. The zero-order valence-electron chi connectivity index (χ0n) is 14.0. The molecule has 0 spiro atoms. The van der Waals surface area contributed by atoms with Crippen molar-refractivity contribution in [2.45, 2.75) is 25.3 Å². The van der Waals surface area contributed by atoms with Gasteiger partial charge in [-0.05, 0) is 32.0 Å². The van der Waals surface area contributed by atoms with Crippen molar-refractivity contribution in [3.8, 4) is 0 Å². The van der Waals surface area contributed by atoms with Crippen molar-refractivity contribution in [2.75, 3.05) is 26.2 Å². The number of rotatable bonds is 4. The van der Waals surface area contributed by atoms with E-state index in [4.69, 9.17) is 4.52 Å². The van der Waals surface area contributed by atoms with Crippen LogP contribution in [0, 0.1) is 25.5 Å². The zero-order chi connectivity index (χ0) is 18.2. The van der Waals surface area contributed by atoms with Gasteiger partial charge in [0, 0.05) is 38.3 Å². The Morgan fingerprint density at radius 3 is 2.36 bits per heavy atom. The predicted molar refractivity (Wildman–Crippen MR) is 86.4 cm³/mol. The highest BCUT2D eigenvalue weighted by Crippen LogP contribution is 2.21. The van der Waals surface area contributed by atoms with Crippen molar-refractivity contribution in [3.05, 3.63) is 46.9 Å². The SMILES string of the molecule is Cc1noc(C)c1CN1CCN(S(=O)(=O)c2ccc(F)c(F)c2)CC1. The Bertz CT molecular complexity index is 855. The van der Waals surface area contributed by atoms with Gasteiger partial charge in [0.25, 0.3) is 0 Å². The molecule has 2 aromatic rings. The minimum atomic E-state index is -3.83. The van der Waals surface area contributed by atoms with Crippen molar-refractivity contribution in [2.24, 2.45) is 0 Å². The van der Waals surface area contributed by atoms with Crippen LogP contribution in [0.3, 0.4) is 0 Å². The number of sulfonamides is 1. The lowest BCUT2D eigenvalue weighted by Gasteiger charge is -2.33. The third-order valence-corrected chi connectivity index (χ3v) is 6.32. The number of aryl methyl sites for hydroxylation is 2. The highest BCUT2D eigenvalue weighted by atomic mass is 32.2. The summed E-state index contributed by atoms with van der Waals surface area (Å²) >= 11 is 0. The second kappa shape index (κ2) is 6.81. The molecule has 0 atom stereocenters. The van der Waals surface area contributed by atoms with Gasteiger partial charge < -0.3 is 4.52 Å². The molecular formula is C16H19F2N3O3S. The van der Waals surface area contributed by atoms with Crippen LogP contribution >= 0.6 is 0 Å². The van der Waals surface area contributed by atoms with Crippen LogP contribution in [-0.2, 0) is 16.6 Å². The first kappa shape index (κ1) is 18.0. The standard InChI is InChI=1S/C16H19F2N3O3S/c1-11-14(12(2)24-19-11)10-20-5-7-21(8-6-20)25(22,23)13-3-4-15(17)16(18)9-13/h3-4,9H,5-8,10H2,1-2H3. The molecule has 0 bridgehead atoms. The maximum atomic E-state index is 13.3. The van der Waals surface area contributed by atoms with Gasteiger partial charge in [-0.15, -0.1) is 0 Å². The van der Waals surface area contributed by atoms with Crippen LogP contribution in [-0.4, -0.2) is 49.0 Å². The molecule has 0 amide bonds. The third kappa shape index (κ3) is 3.58. The molecule has 136 valence electrons. The van der Waals surface area contributed by atoms with E-state index in [0.717, 1.165) is 35.2 Å². The Hall–Kier alpha value is -1.84. The van der Waals surface area contributed by atoms with Crippen LogP contribution in [0.4, 0.5) is 8.78 Å². The van der Waals surface area contributed by atoms with Gasteiger partial charge in [-0.1, -0.05) is 5.16 Å². The molecule has 1 aliphatic heterocycles. The first-order valence-electron chi connectivity index (χ1n) is 7.88. The van der Waals surface area contributed by atoms with E-state index in [1.54, 1.807) is 0 Å². The second-order valence-electron chi connectivity index (χ2n) is 6.06. The molecule has 0 N–H and O–H groups in total. The Kier molecular flexibility index (Phi) is 4.90. The molecule has 0 radical (unpaired) electrons. The van der Waals surface area contributed by atoms with Gasteiger partial charge in [0.05, 0.1) is 10.6 Å². The van der Waals surface area contributed by atoms with Gasteiger partial charge in [-0.3, -0.25) is 4.90 Å². The average molecular weight is 371 g/mol. The number of benzene rings is 1. The Morgan fingerprint density at radius 2 is 1.80 bits per heavy atom. The average Bonchev–Trinajstić information content (AvgIpc) is 2.89. The van der Waals surface area contributed by atoms with Crippen molar-refractivity contribution in [1.29, 1.82) is 0 Å². The number of hydrogen-bond acceptors (Lipinski definition) is 5. The van der Waals surface area contributed by atoms with E-state index in [1.165, 1.54) is 4.31 Å². The number of nitrogens with zero attached hydrogens (tertiary/aromatic N) is 3. The van der Waals surface area contributed by atoms with E-state index in [-0.39, 0.29) is 18.0 Å². The normalized spacial score (nSPS) is 17.1. The second-order valence-corrected chi connectivity index (χ2v) is 8.00. The quantitative estimate of drug-likeness (QED) is 0.823. The van der Waals surface area contributed by atoms with Gasteiger partial charge >= 0.3 is 0 Å². The molecule has 9 heteroatoms. The third-order valence-electron chi connectivity index (χ3n) is 4.42. The predicted octanol–water partition coefficient (Wildman–Crippen LogP) is 2.08. The zero-order valence-corrected chi connectivity index (χ0v) is 14.8. The number of halogens is 2. The molecule has 0 unspecified atom stereocenters. The maximum absolute atomic E-state index is 13.3. The molecule has 0 aliphatic carbocycles. The van der Waals surface area contributed by atoms with Crippen LogP contribution in [0.2, 0.25) is 0 Å². The fourth-order valence-corrected chi connectivity index (χ4v) is 4.30. The van der Waals surface area contributed by atoms with Crippen molar-refractivity contribution in [3.63, 3.8) is 0 Å². The summed E-state index contributed by atoms with van der Waals surface area (Å²) in [4.78, 5) is 1.88. The monoisotopic (exact) mass is 371 g/mol. The lowest BCUT2D eigenvalue weighted by atomic mass is 10.2. The van der Waals surface area contributed by atoms with Crippen LogP contribution in [0.15, 0.2) is 27.6 Å². The summed E-state index contributed by atoms with van der Waals surface area (Å²) in [6.45, 7) is 5.99. The van der Waals surface area contributed by atoms with E-state index in [0.29, 0.717) is 19.6 Å². The first-order chi connectivity index (χ1) is 11.8. The molecule has 3 rings (SSSR count). The summed E-state index contributed by atoms with van der Waals surface area (Å²) in [6.07, 6.45) is 0. The van der Waals surface area contributed by atoms with E-state index in [9.17, 15) is 17.2 Å². The number of aromatic nitrogens is 1. The minimum Gasteiger partial charge on any atom is -0.361 e. The van der Waals surface area contributed by atoms with E-state index >= 15 is 0 Å². The molecule has 1 fully saturated rings. The summed E-state index contributed by atoms with van der Waals surface area (Å²) in [5.74, 6) is -1.48. The molecule has 6 nitrogen and oxygen atoms in total. The van der Waals surface area contributed by atoms with Crippen LogP contribution in [0.25, 0.3) is 0 Å². The molecule has 0 saturated carbocycles. The van der Waals surface area contributed by atoms with E-state index in [2.05, 4.69) is 10.1 Å². The van der Waals surface area contributed by atoms with Crippen molar-refractivity contribution >= 4 is 10.0 Å². The van der Waals surface area contributed by atoms with Crippen LogP contribution < -0.4 is 0 Å². The molecule has 1 aliphatic rings. The Morgan fingerprint density at radius 1 is 1.12 bits per heavy atom. The van der Waals surface area contributed by atoms with Crippen molar-refractivity contribution < 1.29 is 21.7 Å².